The summed E-state index contributed by atoms with van der Waals surface area (Å²) in [5.74, 6) is 1.09. The van der Waals surface area contributed by atoms with Crippen LogP contribution in [0.15, 0.2) is 29.6 Å². The number of amides is 1. The van der Waals surface area contributed by atoms with Gasteiger partial charge >= 0.3 is 0 Å². The Morgan fingerprint density at radius 2 is 2.00 bits per heavy atom. The zero-order valence-electron chi connectivity index (χ0n) is 13.6. The first-order valence-corrected chi connectivity index (χ1v) is 9.34. The number of ether oxygens (including phenoxy) is 2. The van der Waals surface area contributed by atoms with Crippen LogP contribution in [-0.2, 0) is 7.05 Å². The van der Waals surface area contributed by atoms with Crippen LogP contribution >= 0.6 is 34.5 Å². The predicted octanol–water partition coefficient (Wildman–Crippen LogP) is 4.48. The number of halogens is 2. The summed E-state index contributed by atoms with van der Waals surface area (Å²) in [5.41, 5.74) is 1.98. The topological polar surface area (TPSA) is 65.4 Å². The summed E-state index contributed by atoms with van der Waals surface area (Å²) < 4.78 is 12.6. The molecule has 0 aliphatic carbocycles. The summed E-state index contributed by atoms with van der Waals surface area (Å²) in [7, 11) is 1.67. The van der Waals surface area contributed by atoms with Crippen molar-refractivity contribution in [3.63, 3.8) is 0 Å². The average molecular weight is 410 g/mol. The third-order valence-electron chi connectivity index (χ3n) is 3.91. The largest absolute Gasteiger partial charge is 0.486 e. The second kappa shape index (κ2) is 6.83. The van der Waals surface area contributed by atoms with E-state index in [4.69, 9.17) is 32.7 Å². The standard InChI is InChI=1S/C17H13Cl2N3O3S/c1-22-12(7-10(18)15(22)19)16(23)21-17-20-11(8-26-17)9-2-3-13-14(6-9)25-5-4-24-13/h2-3,6-8H,4-5H2,1H3,(H,20,21,23). The quantitative estimate of drug-likeness (QED) is 0.692. The zero-order chi connectivity index (χ0) is 18.3. The lowest BCUT2D eigenvalue weighted by atomic mass is 10.1. The van der Waals surface area contributed by atoms with Crippen LogP contribution in [0.3, 0.4) is 0 Å². The van der Waals surface area contributed by atoms with Crippen LogP contribution in [-0.4, -0.2) is 28.7 Å². The highest BCUT2D eigenvalue weighted by Gasteiger charge is 2.18. The Kier molecular flexibility index (Phi) is 4.52. The Morgan fingerprint density at radius 3 is 2.73 bits per heavy atom. The number of anilines is 1. The summed E-state index contributed by atoms with van der Waals surface area (Å²) >= 11 is 13.3. The molecule has 1 amide bonds. The van der Waals surface area contributed by atoms with E-state index in [0.29, 0.717) is 40.0 Å². The van der Waals surface area contributed by atoms with Crippen molar-refractivity contribution in [3.05, 3.63) is 45.5 Å². The summed E-state index contributed by atoms with van der Waals surface area (Å²) in [4.78, 5) is 16.9. The summed E-state index contributed by atoms with van der Waals surface area (Å²) in [6.45, 7) is 1.07. The van der Waals surface area contributed by atoms with Crippen molar-refractivity contribution in [1.29, 1.82) is 0 Å². The number of thiazole rings is 1. The van der Waals surface area contributed by atoms with Crippen molar-refractivity contribution in [2.24, 2.45) is 7.05 Å². The van der Waals surface area contributed by atoms with Crippen LogP contribution in [0.2, 0.25) is 10.2 Å². The minimum Gasteiger partial charge on any atom is -0.486 e. The van der Waals surface area contributed by atoms with Gasteiger partial charge in [0.15, 0.2) is 16.6 Å². The fourth-order valence-electron chi connectivity index (χ4n) is 2.59. The second-order valence-electron chi connectivity index (χ2n) is 5.58. The lowest BCUT2D eigenvalue weighted by molar-refractivity contribution is 0.101. The fourth-order valence-corrected chi connectivity index (χ4v) is 3.68. The van der Waals surface area contributed by atoms with E-state index < -0.39 is 0 Å². The van der Waals surface area contributed by atoms with E-state index in [1.54, 1.807) is 7.05 Å². The predicted molar refractivity (Wildman–Crippen MR) is 102 cm³/mol. The highest BCUT2D eigenvalue weighted by atomic mass is 35.5. The first-order chi connectivity index (χ1) is 12.5. The van der Waals surface area contributed by atoms with E-state index in [0.717, 1.165) is 17.0 Å². The molecule has 1 N–H and O–H groups in total. The maximum absolute atomic E-state index is 12.4. The maximum Gasteiger partial charge on any atom is 0.274 e. The Labute approximate surface area is 163 Å². The molecule has 0 unspecified atom stereocenters. The highest BCUT2D eigenvalue weighted by Crippen LogP contribution is 2.35. The molecule has 3 heterocycles. The smallest absolute Gasteiger partial charge is 0.274 e. The fraction of sp³-hybridized carbons (Fsp3) is 0.176. The zero-order valence-corrected chi connectivity index (χ0v) is 15.9. The molecule has 0 bridgehead atoms. The van der Waals surface area contributed by atoms with Gasteiger partial charge < -0.3 is 14.0 Å². The number of fused-ring (bicyclic) bond motifs is 1. The minimum absolute atomic E-state index is 0.313. The van der Waals surface area contributed by atoms with E-state index in [1.807, 2.05) is 23.6 Å². The van der Waals surface area contributed by atoms with Crippen LogP contribution in [0.5, 0.6) is 11.5 Å². The SMILES string of the molecule is Cn1c(C(=O)Nc2nc(-c3ccc4c(c3)OCCO4)cs2)cc(Cl)c1Cl. The molecule has 0 atom stereocenters. The molecule has 0 fully saturated rings. The van der Waals surface area contributed by atoms with Crippen LogP contribution in [0.4, 0.5) is 5.13 Å². The molecule has 1 aliphatic heterocycles. The molecular weight excluding hydrogens is 397 g/mol. The van der Waals surface area contributed by atoms with Gasteiger partial charge in [0, 0.05) is 18.0 Å². The van der Waals surface area contributed by atoms with E-state index in [1.165, 1.54) is 22.0 Å². The van der Waals surface area contributed by atoms with Gasteiger partial charge in [-0.15, -0.1) is 11.3 Å². The van der Waals surface area contributed by atoms with Crippen molar-refractivity contribution < 1.29 is 14.3 Å². The van der Waals surface area contributed by atoms with Gasteiger partial charge in [0.25, 0.3) is 5.91 Å². The van der Waals surface area contributed by atoms with Gasteiger partial charge in [0.2, 0.25) is 0 Å². The molecule has 4 rings (SSSR count). The summed E-state index contributed by atoms with van der Waals surface area (Å²) in [5, 5.41) is 5.76. The van der Waals surface area contributed by atoms with Gasteiger partial charge in [0.1, 0.15) is 24.1 Å². The monoisotopic (exact) mass is 409 g/mol. The van der Waals surface area contributed by atoms with Crippen molar-refractivity contribution in [2.45, 2.75) is 0 Å². The van der Waals surface area contributed by atoms with Gasteiger partial charge in [0.05, 0.1) is 10.7 Å². The Balaban J connectivity index is 1.54. The summed E-state index contributed by atoms with van der Waals surface area (Å²) in [6, 6.07) is 7.17. The number of carbonyl (C=O) groups is 1. The van der Waals surface area contributed by atoms with Gasteiger partial charge in [-0.3, -0.25) is 10.1 Å². The maximum atomic E-state index is 12.4. The molecule has 134 valence electrons. The number of hydrogen-bond acceptors (Lipinski definition) is 5. The Bertz CT molecular complexity index is 999. The molecular formula is C17H13Cl2N3O3S. The number of rotatable bonds is 3. The highest BCUT2D eigenvalue weighted by molar-refractivity contribution is 7.14. The molecule has 2 aromatic heterocycles. The number of benzene rings is 1. The van der Waals surface area contributed by atoms with Crippen molar-refractivity contribution >= 4 is 45.6 Å². The van der Waals surface area contributed by atoms with E-state index in [2.05, 4.69) is 10.3 Å². The minimum atomic E-state index is -0.329. The van der Waals surface area contributed by atoms with E-state index >= 15 is 0 Å². The number of hydrogen-bond donors (Lipinski definition) is 1. The summed E-state index contributed by atoms with van der Waals surface area (Å²) in [6.07, 6.45) is 0. The normalized spacial score (nSPS) is 12.9. The molecule has 1 aromatic carbocycles. The van der Waals surface area contributed by atoms with Crippen LogP contribution in [0.1, 0.15) is 10.5 Å². The third-order valence-corrected chi connectivity index (χ3v) is 5.51. The Hall–Kier alpha value is -2.22. The first kappa shape index (κ1) is 17.2. The van der Waals surface area contributed by atoms with Crippen LogP contribution in [0, 0.1) is 0 Å². The number of nitrogens with one attached hydrogen (secondary N) is 1. The molecule has 0 saturated carbocycles. The lowest BCUT2D eigenvalue weighted by Gasteiger charge is -2.18. The molecule has 3 aromatic rings. The number of carbonyl (C=O) groups excluding carboxylic acids is 1. The number of aromatic nitrogens is 2. The van der Waals surface area contributed by atoms with Crippen LogP contribution in [0.25, 0.3) is 11.3 Å². The lowest BCUT2D eigenvalue weighted by Crippen LogP contribution is -2.15. The van der Waals surface area contributed by atoms with Crippen molar-refractivity contribution in [3.8, 4) is 22.8 Å². The van der Waals surface area contributed by atoms with Crippen molar-refractivity contribution in [2.75, 3.05) is 18.5 Å². The molecule has 6 nitrogen and oxygen atoms in total. The van der Waals surface area contributed by atoms with E-state index in [-0.39, 0.29) is 5.91 Å². The second-order valence-corrected chi connectivity index (χ2v) is 7.20. The average Bonchev–Trinajstić information content (AvgIpc) is 3.21. The molecule has 1 aliphatic rings. The first-order valence-electron chi connectivity index (χ1n) is 7.70. The number of nitrogens with zero attached hydrogens (tertiary/aromatic N) is 2. The van der Waals surface area contributed by atoms with Gasteiger partial charge in [-0.25, -0.2) is 4.98 Å². The molecule has 26 heavy (non-hydrogen) atoms. The Morgan fingerprint density at radius 1 is 1.23 bits per heavy atom. The van der Waals surface area contributed by atoms with Gasteiger partial charge in [-0.05, 0) is 24.3 Å². The van der Waals surface area contributed by atoms with Gasteiger partial charge in [-0.2, -0.15) is 0 Å². The van der Waals surface area contributed by atoms with Crippen molar-refractivity contribution in [1.82, 2.24) is 9.55 Å². The van der Waals surface area contributed by atoms with Crippen LogP contribution < -0.4 is 14.8 Å². The molecule has 0 spiro atoms. The molecule has 0 radical (unpaired) electrons. The molecule has 9 heteroatoms. The van der Waals surface area contributed by atoms with Gasteiger partial charge in [-0.1, -0.05) is 23.2 Å². The third kappa shape index (κ3) is 3.13. The molecule has 0 saturated heterocycles. The van der Waals surface area contributed by atoms with E-state index in [9.17, 15) is 4.79 Å².